The Hall–Kier alpha value is -1.26. The summed E-state index contributed by atoms with van der Waals surface area (Å²) in [5.74, 6) is 0.218. The van der Waals surface area contributed by atoms with Gasteiger partial charge in [0.1, 0.15) is 0 Å². The fourth-order valence-corrected chi connectivity index (χ4v) is 2.35. The van der Waals surface area contributed by atoms with Crippen LogP contribution in [-0.2, 0) is 9.53 Å². The Morgan fingerprint density at radius 1 is 1.29 bits per heavy atom. The molecule has 98 valence electrons. The smallest absolute Gasteiger partial charge is 0.407 e. The van der Waals surface area contributed by atoms with Crippen molar-refractivity contribution in [1.29, 1.82) is 0 Å². The lowest BCUT2D eigenvalue weighted by molar-refractivity contribution is -0.144. The van der Waals surface area contributed by atoms with E-state index in [2.05, 4.69) is 0 Å². The van der Waals surface area contributed by atoms with Crippen molar-refractivity contribution in [3.8, 4) is 0 Å². The standard InChI is InChI=1S/C12H21NO4/c1-3-17-11(14)8-9-4-6-10(7-5-9)13(2)12(15)16/h9-10H,3-8H2,1-2H3,(H,15,16)/t9-,10-. The minimum atomic E-state index is -0.876. The zero-order chi connectivity index (χ0) is 12.8. The van der Waals surface area contributed by atoms with Gasteiger partial charge in [0, 0.05) is 19.5 Å². The molecular weight excluding hydrogens is 222 g/mol. The molecule has 1 rings (SSSR count). The van der Waals surface area contributed by atoms with E-state index in [9.17, 15) is 9.59 Å². The number of ether oxygens (including phenoxy) is 1. The quantitative estimate of drug-likeness (QED) is 0.768. The van der Waals surface area contributed by atoms with E-state index in [1.165, 1.54) is 4.90 Å². The Morgan fingerprint density at radius 2 is 1.88 bits per heavy atom. The molecule has 0 spiro atoms. The molecule has 0 heterocycles. The second-order valence-electron chi connectivity index (χ2n) is 4.58. The predicted octanol–water partition coefficient (Wildman–Crippen LogP) is 2.11. The molecule has 0 aromatic rings. The summed E-state index contributed by atoms with van der Waals surface area (Å²) < 4.78 is 4.91. The van der Waals surface area contributed by atoms with E-state index >= 15 is 0 Å². The summed E-state index contributed by atoms with van der Waals surface area (Å²) in [5.41, 5.74) is 0. The topological polar surface area (TPSA) is 66.8 Å². The Morgan fingerprint density at radius 3 is 2.35 bits per heavy atom. The molecule has 1 saturated carbocycles. The summed E-state index contributed by atoms with van der Waals surface area (Å²) in [6.45, 7) is 2.23. The van der Waals surface area contributed by atoms with Crippen molar-refractivity contribution < 1.29 is 19.4 Å². The number of hydrogen-bond donors (Lipinski definition) is 1. The third-order valence-corrected chi connectivity index (χ3v) is 3.43. The van der Waals surface area contributed by atoms with E-state index in [4.69, 9.17) is 9.84 Å². The molecule has 0 aliphatic heterocycles. The Labute approximate surface area is 102 Å². The van der Waals surface area contributed by atoms with Crippen LogP contribution in [0.25, 0.3) is 0 Å². The summed E-state index contributed by atoms with van der Waals surface area (Å²) in [5, 5.41) is 8.87. The van der Waals surface area contributed by atoms with Gasteiger partial charge < -0.3 is 14.7 Å². The highest BCUT2D eigenvalue weighted by atomic mass is 16.5. The SMILES string of the molecule is CCOC(=O)C[C@H]1CC[C@H](N(C)C(=O)O)CC1. The molecule has 0 aromatic carbocycles. The average Bonchev–Trinajstić information content (AvgIpc) is 2.29. The summed E-state index contributed by atoms with van der Waals surface area (Å²) >= 11 is 0. The monoisotopic (exact) mass is 243 g/mol. The molecule has 5 heteroatoms. The number of nitrogens with zero attached hydrogens (tertiary/aromatic N) is 1. The maximum Gasteiger partial charge on any atom is 0.407 e. The second-order valence-corrected chi connectivity index (χ2v) is 4.58. The van der Waals surface area contributed by atoms with Crippen LogP contribution in [0.1, 0.15) is 39.0 Å². The van der Waals surface area contributed by atoms with Gasteiger partial charge in [0.25, 0.3) is 0 Å². The Kier molecular flexibility index (Phi) is 5.25. The molecule has 0 atom stereocenters. The van der Waals surface area contributed by atoms with Gasteiger partial charge in [-0.15, -0.1) is 0 Å². The van der Waals surface area contributed by atoms with E-state index in [1.807, 2.05) is 0 Å². The Balaban J connectivity index is 2.30. The zero-order valence-corrected chi connectivity index (χ0v) is 10.5. The van der Waals surface area contributed by atoms with Crippen LogP contribution in [0.4, 0.5) is 4.79 Å². The first-order valence-electron chi connectivity index (χ1n) is 6.16. The maximum atomic E-state index is 11.3. The molecule has 0 aromatic heterocycles. The molecule has 17 heavy (non-hydrogen) atoms. The number of rotatable bonds is 4. The molecule has 1 N–H and O–H groups in total. The van der Waals surface area contributed by atoms with Crippen LogP contribution in [0.5, 0.6) is 0 Å². The van der Waals surface area contributed by atoms with Crippen molar-refractivity contribution in [2.24, 2.45) is 5.92 Å². The third-order valence-electron chi connectivity index (χ3n) is 3.43. The molecule has 1 fully saturated rings. The largest absolute Gasteiger partial charge is 0.466 e. The van der Waals surface area contributed by atoms with Crippen molar-refractivity contribution >= 4 is 12.1 Å². The zero-order valence-electron chi connectivity index (χ0n) is 10.5. The van der Waals surface area contributed by atoms with Crippen LogP contribution >= 0.6 is 0 Å². The predicted molar refractivity (Wildman–Crippen MR) is 62.8 cm³/mol. The van der Waals surface area contributed by atoms with E-state index < -0.39 is 6.09 Å². The minimum Gasteiger partial charge on any atom is -0.466 e. The number of esters is 1. The highest BCUT2D eigenvalue weighted by Gasteiger charge is 2.27. The fourth-order valence-electron chi connectivity index (χ4n) is 2.35. The molecule has 1 amide bonds. The van der Waals surface area contributed by atoms with Gasteiger partial charge in [0.2, 0.25) is 0 Å². The highest BCUT2D eigenvalue weighted by Crippen LogP contribution is 2.29. The van der Waals surface area contributed by atoms with Crippen molar-refractivity contribution in [3.63, 3.8) is 0 Å². The maximum absolute atomic E-state index is 11.3. The summed E-state index contributed by atoms with van der Waals surface area (Å²) in [6.07, 6.45) is 3.08. The van der Waals surface area contributed by atoms with Crippen molar-refractivity contribution in [3.05, 3.63) is 0 Å². The van der Waals surface area contributed by atoms with Gasteiger partial charge in [-0.2, -0.15) is 0 Å². The number of amides is 1. The van der Waals surface area contributed by atoms with Crippen LogP contribution in [-0.4, -0.2) is 41.8 Å². The van der Waals surface area contributed by atoms with Gasteiger partial charge >= 0.3 is 12.1 Å². The first kappa shape index (κ1) is 13.8. The number of carbonyl (C=O) groups excluding carboxylic acids is 1. The first-order valence-corrected chi connectivity index (χ1v) is 6.16. The Bertz CT molecular complexity index is 272. The van der Waals surface area contributed by atoms with Crippen LogP contribution in [0.3, 0.4) is 0 Å². The van der Waals surface area contributed by atoms with Crippen molar-refractivity contribution in [2.45, 2.75) is 45.1 Å². The van der Waals surface area contributed by atoms with Crippen LogP contribution in [0.2, 0.25) is 0 Å². The fraction of sp³-hybridized carbons (Fsp3) is 0.833. The van der Waals surface area contributed by atoms with Gasteiger partial charge in [-0.3, -0.25) is 4.79 Å². The third kappa shape index (κ3) is 4.24. The van der Waals surface area contributed by atoms with Gasteiger partial charge in [0.05, 0.1) is 6.61 Å². The highest BCUT2D eigenvalue weighted by molar-refractivity contribution is 5.69. The van der Waals surface area contributed by atoms with Gasteiger partial charge in [-0.05, 0) is 38.5 Å². The van der Waals surface area contributed by atoms with Crippen molar-refractivity contribution in [1.82, 2.24) is 4.90 Å². The van der Waals surface area contributed by atoms with E-state index in [1.54, 1.807) is 14.0 Å². The minimum absolute atomic E-state index is 0.103. The first-order chi connectivity index (χ1) is 8.04. The molecule has 0 unspecified atom stereocenters. The number of carboxylic acid groups (broad SMARTS) is 1. The second kappa shape index (κ2) is 6.47. The molecule has 5 nitrogen and oxygen atoms in total. The van der Waals surface area contributed by atoms with Crippen LogP contribution in [0, 0.1) is 5.92 Å². The molecular formula is C12H21NO4. The van der Waals surface area contributed by atoms with Crippen LogP contribution in [0.15, 0.2) is 0 Å². The average molecular weight is 243 g/mol. The lowest BCUT2D eigenvalue weighted by atomic mass is 9.84. The molecule has 0 saturated heterocycles. The summed E-state index contributed by atoms with van der Waals surface area (Å²) in [6, 6.07) is 0.103. The van der Waals surface area contributed by atoms with Crippen LogP contribution < -0.4 is 0 Å². The van der Waals surface area contributed by atoms with E-state index in [-0.39, 0.29) is 12.0 Å². The lowest BCUT2D eigenvalue weighted by Gasteiger charge is -2.32. The molecule has 0 radical (unpaired) electrons. The number of hydrogen-bond acceptors (Lipinski definition) is 3. The van der Waals surface area contributed by atoms with Gasteiger partial charge in [-0.25, -0.2) is 4.79 Å². The molecule has 1 aliphatic carbocycles. The number of carbonyl (C=O) groups is 2. The molecule has 1 aliphatic rings. The van der Waals surface area contributed by atoms with Crippen molar-refractivity contribution in [2.75, 3.05) is 13.7 Å². The van der Waals surface area contributed by atoms with Gasteiger partial charge in [-0.1, -0.05) is 0 Å². The van der Waals surface area contributed by atoms with Gasteiger partial charge in [0.15, 0.2) is 0 Å². The summed E-state index contributed by atoms with van der Waals surface area (Å²) in [7, 11) is 1.61. The van der Waals surface area contributed by atoms with E-state index in [0.29, 0.717) is 18.9 Å². The normalized spacial score (nSPS) is 24.1. The lowest BCUT2D eigenvalue weighted by Crippen LogP contribution is -2.38. The molecule has 0 bridgehead atoms. The summed E-state index contributed by atoms with van der Waals surface area (Å²) in [4.78, 5) is 23.5. The van der Waals surface area contributed by atoms with E-state index in [0.717, 1.165) is 25.7 Å².